The van der Waals surface area contributed by atoms with Gasteiger partial charge in [0.2, 0.25) is 0 Å². The summed E-state index contributed by atoms with van der Waals surface area (Å²) in [5.74, 6) is 0.120. The second-order valence-electron chi connectivity index (χ2n) is 5.77. The highest BCUT2D eigenvalue weighted by molar-refractivity contribution is 5.98. The quantitative estimate of drug-likeness (QED) is 0.735. The van der Waals surface area contributed by atoms with Gasteiger partial charge in [0.25, 0.3) is 5.91 Å². The highest BCUT2D eigenvalue weighted by Crippen LogP contribution is 2.28. The number of amides is 1. The highest BCUT2D eigenvalue weighted by Gasteiger charge is 2.18. The maximum atomic E-state index is 12.6. The van der Waals surface area contributed by atoms with Crippen molar-refractivity contribution in [3.8, 4) is 22.9 Å². The van der Waals surface area contributed by atoms with E-state index in [4.69, 9.17) is 10.00 Å². The van der Waals surface area contributed by atoms with Crippen molar-refractivity contribution in [1.29, 1.82) is 5.26 Å². The summed E-state index contributed by atoms with van der Waals surface area (Å²) in [6.07, 6.45) is -0.742. The molecule has 26 heavy (non-hydrogen) atoms. The fourth-order valence-electron chi connectivity index (χ4n) is 2.60. The number of nitrogens with one attached hydrogen (secondary N) is 1. The van der Waals surface area contributed by atoms with Gasteiger partial charge in [0.05, 0.1) is 5.56 Å². The smallest absolute Gasteiger partial charge is 0.265 e. The number of carbonyl (C=O) groups excluding carboxylic acids is 1. The number of nitrogens with zero attached hydrogens (tertiary/aromatic N) is 1. The molecule has 1 atom stereocenters. The average Bonchev–Trinajstić information content (AvgIpc) is 2.69. The van der Waals surface area contributed by atoms with Crippen molar-refractivity contribution >= 4 is 11.6 Å². The van der Waals surface area contributed by atoms with Gasteiger partial charge in [0, 0.05) is 11.3 Å². The number of nitriles is 1. The molecule has 3 rings (SSSR count). The molecule has 1 amide bonds. The van der Waals surface area contributed by atoms with Crippen LogP contribution < -0.4 is 10.1 Å². The third-order valence-corrected chi connectivity index (χ3v) is 3.95. The lowest BCUT2D eigenvalue weighted by atomic mass is 10.0. The first kappa shape index (κ1) is 17.2. The van der Waals surface area contributed by atoms with Gasteiger partial charge in [-0.1, -0.05) is 60.7 Å². The Morgan fingerprint density at radius 3 is 2.38 bits per heavy atom. The summed E-state index contributed by atoms with van der Waals surface area (Å²) in [7, 11) is 0. The van der Waals surface area contributed by atoms with E-state index < -0.39 is 6.10 Å². The van der Waals surface area contributed by atoms with Gasteiger partial charge in [-0.2, -0.15) is 5.26 Å². The van der Waals surface area contributed by atoms with Crippen LogP contribution in [-0.4, -0.2) is 12.0 Å². The van der Waals surface area contributed by atoms with Gasteiger partial charge in [0.15, 0.2) is 6.10 Å². The number of benzene rings is 3. The van der Waals surface area contributed by atoms with Gasteiger partial charge >= 0.3 is 0 Å². The molecule has 4 nitrogen and oxygen atoms in total. The van der Waals surface area contributed by atoms with E-state index in [-0.39, 0.29) is 5.91 Å². The molecule has 0 radical (unpaired) electrons. The molecule has 0 spiro atoms. The predicted octanol–water partition coefficient (Wildman–Crippen LogP) is 4.63. The molecule has 0 saturated heterocycles. The molecule has 0 aliphatic rings. The summed E-state index contributed by atoms with van der Waals surface area (Å²) in [5, 5.41) is 12.1. The highest BCUT2D eigenvalue weighted by atomic mass is 16.5. The molecule has 0 aliphatic carbocycles. The third kappa shape index (κ3) is 3.90. The summed E-state index contributed by atoms with van der Waals surface area (Å²) >= 11 is 0. The number of anilines is 1. The molecule has 128 valence electrons. The van der Waals surface area contributed by atoms with Crippen molar-refractivity contribution in [3.63, 3.8) is 0 Å². The van der Waals surface area contributed by atoms with Crippen molar-refractivity contribution in [2.45, 2.75) is 13.0 Å². The van der Waals surface area contributed by atoms with Crippen LogP contribution in [0, 0.1) is 11.3 Å². The molecule has 0 aliphatic heterocycles. The Morgan fingerprint density at radius 2 is 1.62 bits per heavy atom. The number of rotatable bonds is 5. The third-order valence-electron chi connectivity index (χ3n) is 3.95. The first-order valence-corrected chi connectivity index (χ1v) is 8.30. The second-order valence-corrected chi connectivity index (χ2v) is 5.77. The number of ether oxygens (including phenoxy) is 1. The van der Waals surface area contributed by atoms with Crippen molar-refractivity contribution < 1.29 is 9.53 Å². The van der Waals surface area contributed by atoms with Crippen LogP contribution in [0.5, 0.6) is 5.75 Å². The molecule has 4 heteroatoms. The van der Waals surface area contributed by atoms with Crippen molar-refractivity contribution in [2.75, 3.05) is 5.32 Å². The second kappa shape index (κ2) is 8.00. The monoisotopic (exact) mass is 342 g/mol. The molecule has 0 aromatic heterocycles. The van der Waals surface area contributed by atoms with E-state index in [1.165, 1.54) is 0 Å². The molecule has 3 aromatic carbocycles. The Bertz CT molecular complexity index is 946. The van der Waals surface area contributed by atoms with Gasteiger partial charge in [0.1, 0.15) is 11.8 Å². The molecule has 0 fully saturated rings. The Morgan fingerprint density at radius 1 is 0.962 bits per heavy atom. The van der Waals surface area contributed by atoms with E-state index in [0.717, 1.165) is 11.1 Å². The molecule has 0 saturated carbocycles. The van der Waals surface area contributed by atoms with Crippen LogP contribution >= 0.6 is 0 Å². The minimum atomic E-state index is -0.742. The van der Waals surface area contributed by atoms with Crippen LogP contribution in [0.4, 0.5) is 5.69 Å². The van der Waals surface area contributed by atoms with Gasteiger partial charge in [-0.3, -0.25) is 4.79 Å². The number of hydrogen-bond acceptors (Lipinski definition) is 3. The fourth-order valence-corrected chi connectivity index (χ4v) is 2.60. The van der Waals surface area contributed by atoms with Crippen molar-refractivity contribution in [1.82, 2.24) is 0 Å². The SMILES string of the molecule is C[C@H](Oc1ccccc1C#N)C(=O)Nc1ccccc1-c1ccccc1. The Labute approximate surface area is 152 Å². The Balaban J connectivity index is 1.77. The number of para-hydroxylation sites is 2. The average molecular weight is 342 g/mol. The molecule has 0 heterocycles. The van der Waals surface area contributed by atoms with Crippen molar-refractivity contribution in [2.24, 2.45) is 0 Å². The summed E-state index contributed by atoms with van der Waals surface area (Å²) < 4.78 is 5.68. The maximum Gasteiger partial charge on any atom is 0.265 e. The van der Waals surface area contributed by atoms with Gasteiger partial charge < -0.3 is 10.1 Å². The molecule has 0 bridgehead atoms. The van der Waals surface area contributed by atoms with E-state index >= 15 is 0 Å². The maximum absolute atomic E-state index is 12.6. The molecular formula is C22H18N2O2. The Hall–Kier alpha value is -3.58. The minimum Gasteiger partial charge on any atom is -0.480 e. The minimum absolute atomic E-state index is 0.277. The van der Waals surface area contributed by atoms with E-state index in [1.54, 1.807) is 31.2 Å². The zero-order chi connectivity index (χ0) is 18.4. The fraction of sp³-hybridized carbons (Fsp3) is 0.0909. The zero-order valence-electron chi connectivity index (χ0n) is 14.3. The van der Waals surface area contributed by atoms with Crippen molar-refractivity contribution in [3.05, 3.63) is 84.4 Å². The predicted molar refractivity (Wildman–Crippen MR) is 102 cm³/mol. The summed E-state index contributed by atoms with van der Waals surface area (Å²) in [6.45, 7) is 1.66. The first-order valence-electron chi connectivity index (χ1n) is 8.30. The van der Waals surface area contributed by atoms with Crippen LogP contribution in [0.1, 0.15) is 12.5 Å². The van der Waals surface area contributed by atoms with E-state index in [1.807, 2.05) is 54.6 Å². The Kier molecular flexibility index (Phi) is 5.31. The van der Waals surface area contributed by atoms with Crippen LogP contribution in [0.25, 0.3) is 11.1 Å². The van der Waals surface area contributed by atoms with Gasteiger partial charge in [-0.15, -0.1) is 0 Å². The lowest BCUT2D eigenvalue weighted by Gasteiger charge is -2.17. The summed E-state index contributed by atoms with van der Waals surface area (Å²) in [6, 6.07) is 26.4. The van der Waals surface area contributed by atoms with E-state index in [2.05, 4.69) is 11.4 Å². The molecule has 3 aromatic rings. The van der Waals surface area contributed by atoms with Gasteiger partial charge in [-0.25, -0.2) is 0 Å². The standard InChI is InChI=1S/C22H18N2O2/c1-16(26-21-14-8-5-11-18(21)15-23)22(25)24-20-13-7-6-12-19(20)17-9-3-2-4-10-17/h2-14,16H,1H3,(H,24,25)/t16-/m0/s1. The van der Waals surface area contributed by atoms with Gasteiger partial charge in [-0.05, 0) is 30.7 Å². The largest absolute Gasteiger partial charge is 0.480 e. The van der Waals surface area contributed by atoms with Crippen LogP contribution in [0.15, 0.2) is 78.9 Å². The lowest BCUT2D eigenvalue weighted by Crippen LogP contribution is -2.30. The molecule has 1 N–H and O–H groups in total. The topological polar surface area (TPSA) is 62.1 Å². The number of carbonyl (C=O) groups is 1. The van der Waals surface area contributed by atoms with Crippen LogP contribution in [-0.2, 0) is 4.79 Å². The van der Waals surface area contributed by atoms with Crippen LogP contribution in [0.2, 0.25) is 0 Å². The molecule has 0 unspecified atom stereocenters. The normalized spacial score (nSPS) is 11.2. The van der Waals surface area contributed by atoms with Crippen LogP contribution in [0.3, 0.4) is 0 Å². The first-order chi connectivity index (χ1) is 12.7. The van der Waals surface area contributed by atoms with E-state index in [0.29, 0.717) is 17.0 Å². The zero-order valence-corrected chi connectivity index (χ0v) is 14.3. The lowest BCUT2D eigenvalue weighted by molar-refractivity contribution is -0.122. The number of hydrogen-bond donors (Lipinski definition) is 1. The summed E-state index contributed by atoms with van der Waals surface area (Å²) in [5.41, 5.74) is 3.07. The van der Waals surface area contributed by atoms with E-state index in [9.17, 15) is 4.79 Å². The molecular weight excluding hydrogens is 324 g/mol. The summed E-state index contributed by atoms with van der Waals surface area (Å²) in [4.78, 5) is 12.6.